The summed E-state index contributed by atoms with van der Waals surface area (Å²) in [5.41, 5.74) is 1.07. The monoisotopic (exact) mass is 358 g/mol. The highest BCUT2D eigenvalue weighted by molar-refractivity contribution is 5.15. The van der Waals surface area contributed by atoms with Crippen molar-refractivity contribution in [1.82, 2.24) is 0 Å². The molecule has 1 nitrogen and oxygen atoms in total. The largest absolute Gasteiger partial charge is 0.374 e. The van der Waals surface area contributed by atoms with Gasteiger partial charge in [0.05, 0.1) is 12.7 Å². The van der Waals surface area contributed by atoms with Crippen molar-refractivity contribution in [1.29, 1.82) is 0 Å². The van der Waals surface area contributed by atoms with E-state index < -0.39 is 0 Å². The Morgan fingerprint density at radius 2 is 1.54 bits per heavy atom. The molecule has 1 aromatic carbocycles. The second kappa shape index (κ2) is 10.3. The van der Waals surface area contributed by atoms with Crippen LogP contribution in [0.4, 0.5) is 4.39 Å². The van der Waals surface area contributed by atoms with Gasteiger partial charge in [-0.1, -0.05) is 37.6 Å². The molecule has 2 fully saturated rings. The SMILES string of the molecule is CCC/C=C/[C@H]1CC[C@H](C2CCC(OCc3ccc(F)cc3)CC2)CC1. The summed E-state index contributed by atoms with van der Waals surface area (Å²) in [6, 6.07) is 6.69. The third-order valence-corrected chi connectivity index (χ3v) is 6.46. The van der Waals surface area contributed by atoms with E-state index in [1.54, 1.807) is 0 Å². The number of hydrogen-bond donors (Lipinski definition) is 0. The molecular formula is C24H35FO. The first kappa shape index (κ1) is 19.6. The quantitative estimate of drug-likeness (QED) is 0.474. The van der Waals surface area contributed by atoms with Crippen molar-refractivity contribution < 1.29 is 9.13 Å². The topological polar surface area (TPSA) is 9.23 Å². The van der Waals surface area contributed by atoms with Crippen LogP contribution in [0, 0.1) is 23.6 Å². The second-order valence-corrected chi connectivity index (χ2v) is 8.37. The molecule has 2 heteroatoms. The van der Waals surface area contributed by atoms with Crippen LogP contribution >= 0.6 is 0 Å². The molecule has 0 radical (unpaired) electrons. The summed E-state index contributed by atoms with van der Waals surface area (Å²) >= 11 is 0. The lowest BCUT2D eigenvalue weighted by atomic mass is 9.70. The highest BCUT2D eigenvalue weighted by Gasteiger charge is 2.30. The maximum Gasteiger partial charge on any atom is 0.123 e. The van der Waals surface area contributed by atoms with Gasteiger partial charge in [0.2, 0.25) is 0 Å². The molecule has 0 spiro atoms. The van der Waals surface area contributed by atoms with Crippen LogP contribution < -0.4 is 0 Å². The third-order valence-electron chi connectivity index (χ3n) is 6.46. The van der Waals surface area contributed by atoms with Crippen molar-refractivity contribution >= 4 is 0 Å². The zero-order chi connectivity index (χ0) is 18.2. The Morgan fingerprint density at radius 3 is 2.15 bits per heavy atom. The molecule has 2 aliphatic carbocycles. The van der Waals surface area contributed by atoms with Crippen molar-refractivity contribution in [2.24, 2.45) is 17.8 Å². The first-order chi connectivity index (χ1) is 12.7. The van der Waals surface area contributed by atoms with E-state index in [0.717, 1.165) is 23.3 Å². The fraction of sp³-hybridized carbons (Fsp3) is 0.667. The summed E-state index contributed by atoms with van der Waals surface area (Å²) in [6.07, 6.45) is 18.5. The molecule has 0 unspecified atom stereocenters. The number of benzene rings is 1. The molecule has 0 aromatic heterocycles. The fourth-order valence-electron chi connectivity index (χ4n) is 4.79. The van der Waals surface area contributed by atoms with Crippen LogP contribution in [0.15, 0.2) is 36.4 Å². The summed E-state index contributed by atoms with van der Waals surface area (Å²) in [6.45, 7) is 2.87. The minimum absolute atomic E-state index is 0.176. The Labute approximate surface area is 159 Å². The van der Waals surface area contributed by atoms with E-state index in [1.165, 1.54) is 76.3 Å². The smallest absolute Gasteiger partial charge is 0.123 e. The van der Waals surface area contributed by atoms with Crippen LogP contribution in [0.3, 0.4) is 0 Å². The van der Waals surface area contributed by atoms with Gasteiger partial charge in [-0.3, -0.25) is 0 Å². The molecule has 1 aromatic rings. The molecule has 0 N–H and O–H groups in total. The van der Waals surface area contributed by atoms with Crippen LogP contribution in [0.5, 0.6) is 0 Å². The Morgan fingerprint density at radius 1 is 0.923 bits per heavy atom. The molecule has 0 bridgehead atoms. The van der Waals surface area contributed by atoms with E-state index in [2.05, 4.69) is 19.1 Å². The molecule has 26 heavy (non-hydrogen) atoms. The summed E-state index contributed by atoms with van der Waals surface area (Å²) in [7, 11) is 0. The maximum absolute atomic E-state index is 13.0. The van der Waals surface area contributed by atoms with Gasteiger partial charge in [0.25, 0.3) is 0 Å². The molecule has 0 heterocycles. The molecular weight excluding hydrogens is 323 g/mol. The van der Waals surface area contributed by atoms with Gasteiger partial charge in [0, 0.05) is 0 Å². The highest BCUT2D eigenvalue weighted by Crippen LogP contribution is 2.40. The van der Waals surface area contributed by atoms with Gasteiger partial charge in [-0.2, -0.15) is 0 Å². The zero-order valence-corrected chi connectivity index (χ0v) is 16.3. The molecule has 0 atom stereocenters. The van der Waals surface area contributed by atoms with E-state index >= 15 is 0 Å². The number of allylic oxidation sites excluding steroid dienone is 2. The van der Waals surface area contributed by atoms with Gasteiger partial charge >= 0.3 is 0 Å². The van der Waals surface area contributed by atoms with Gasteiger partial charge in [-0.25, -0.2) is 4.39 Å². The van der Waals surface area contributed by atoms with Crippen molar-refractivity contribution in [3.05, 3.63) is 47.8 Å². The highest BCUT2D eigenvalue weighted by atomic mass is 19.1. The standard InChI is InChI=1S/C24H35FO/c1-2-3-4-5-19-6-10-21(11-7-19)22-12-16-24(17-13-22)26-18-20-8-14-23(25)15-9-20/h4-5,8-9,14-15,19,21-22,24H,2-3,6-7,10-13,16-18H2,1H3/b5-4+/t19-,21-,22?,24?. The van der Waals surface area contributed by atoms with E-state index in [0.29, 0.717) is 12.7 Å². The molecule has 2 saturated carbocycles. The van der Waals surface area contributed by atoms with Crippen molar-refractivity contribution in [2.75, 3.05) is 0 Å². The number of unbranched alkanes of at least 4 members (excludes halogenated alkanes) is 1. The Hall–Kier alpha value is -1.15. The van der Waals surface area contributed by atoms with Crippen LogP contribution in [0.25, 0.3) is 0 Å². The van der Waals surface area contributed by atoms with Gasteiger partial charge in [0.1, 0.15) is 5.82 Å². The molecule has 0 saturated heterocycles. The van der Waals surface area contributed by atoms with Crippen molar-refractivity contribution in [2.45, 2.75) is 83.8 Å². The van der Waals surface area contributed by atoms with Gasteiger partial charge in [-0.05, 0) is 93.2 Å². The lowest BCUT2D eigenvalue weighted by molar-refractivity contribution is -0.00229. The Balaban J connectivity index is 1.34. The lowest BCUT2D eigenvalue weighted by Gasteiger charge is -2.37. The molecule has 2 aliphatic rings. The average molecular weight is 359 g/mol. The van der Waals surface area contributed by atoms with Gasteiger partial charge in [0.15, 0.2) is 0 Å². The van der Waals surface area contributed by atoms with Crippen LogP contribution in [0.1, 0.15) is 76.7 Å². The van der Waals surface area contributed by atoms with Crippen molar-refractivity contribution in [3.63, 3.8) is 0 Å². The first-order valence-corrected chi connectivity index (χ1v) is 10.8. The number of halogens is 1. The zero-order valence-electron chi connectivity index (χ0n) is 16.3. The fourth-order valence-corrected chi connectivity index (χ4v) is 4.79. The van der Waals surface area contributed by atoms with Gasteiger partial charge in [-0.15, -0.1) is 0 Å². The Kier molecular flexibility index (Phi) is 7.73. The first-order valence-electron chi connectivity index (χ1n) is 10.8. The van der Waals surface area contributed by atoms with E-state index in [9.17, 15) is 4.39 Å². The second-order valence-electron chi connectivity index (χ2n) is 8.37. The maximum atomic E-state index is 13.0. The van der Waals surface area contributed by atoms with E-state index in [-0.39, 0.29) is 5.82 Å². The Bertz CT molecular complexity index is 534. The lowest BCUT2D eigenvalue weighted by Crippen LogP contribution is -2.28. The average Bonchev–Trinajstić information content (AvgIpc) is 2.69. The minimum Gasteiger partial charge on any atom is -0.374 e. The van der Waals surface area contributed by atoms with E-state index in [4.69, 9.17) is 4.74 Å². The normalized spacial score (nSPS) is 29.9. The molecule has 0 amide bonds. The predicted molar refractivity (Wildman–Crippen MR) is 106 cm³/mol. The van der Waals surface area contributed by atoms with Crippen LogP contribution in [0.2, 0.25) is 0 Å². The summed E-state index contributed by atoms with van der Waals surface area (Å²) in [4.78, 5) is 0. The number of hydrogen-bond acceptors (Lipinski definition) is 1. The number of ether oxygens (including phenoxy) is 1. The molecule has 0 aliphatic heterocycles. The van der Waals surface area contributed by atoms with Crippen LogP contribution in [-0.2, 0) is 11.3 Å². The van der Waals surface area contributed by atoms with E-state index in [1.807, 2.05) is 12.1 Å². The summed E-state index contributed by atoms with van der Waals surface area (Å²) < 4.78 is 19.0. The molecule has 3 rings (SSSR count). The third kappa shape index (κ3) is 5.94. The summed E-state index contributed by atoms with van der Waals surface area (Å²) in [5, 5.41) is 0. The van der Waals surface area contributed by atoms with Crippen molar-refractivity contribution in [3.8, 4) is 0 Å². The minimum atomic E-state index is -0.176. The van der Waals surface area contributed by atoms with Gasteiger partial charge < -0.3 is 4.74 Å². The summed E-state index contributed by atoms with van der Waals surface area (Å²) in [5.74, 6) is 2.53. The van der Waals surface area contributed by atoms with Crippen LogP contribution in [-0.4, -0.2) is 6.10 Å². The number of rotatable bonds is 7. The predicted octanol–water partition coefficient (Wildman–Crippen LogP) is 7.06. The molecule has 144 valence electrons.